The fourth-order valence-corrected chi connectivity index (χ4v) is 10.8. The maximum atomic E-state index is 10.3. The monoisotopic (exact) mass is 533 g/mol. The van der Waals surface area contributed by atoms with Crippen LogP contribution < -0.4 is 5.73 Å². The number of nitrogens with two attached hydrogens (primary N) is 1. The number of aromatic hydroxyl groups is 1. The zero-order valence-electron chi connectivity index (χ0n) is 24.8. The molecule has 4 N–H and O–H groups in total. The van der Waals surface area contributed by atoms with Gasteiger partial charge in [0, 0.05) is 24.5 Å². The number of aliphatic hydroxyl groups is 1. The molecule has 2 spiro atoms. The van der Waals surface area contributed by atoms with Crippen molar-refractivity contribution >= 4 is 0 Å². The minimum atomic E-state index is -0.562. The molecule has 6 aliphatic rings. The molecule has 1 aromatic rings. The van der Waals surface area contributed by atoms with E-state index in [4.69, 9.17) is 10.5 Å². The summed E-state index contributed by atoms with van der Waals surface area (Å²) in [4.78, 5) is 0. The third-order valence-electron chi connectivity index (χ3n) is 11.9. The van der Waals surface area contributed by atoms with Crippen LogP contribution in [0.2, 0.25) is 0 Å². The molecule has 5 fully saturated rings. The van der Waals surface area contributed by atoms with Gasteiger partial charge in [-0.2, -0.15) is 0 Å². The average molecular weight is 534 g/mol. The van der Waals surface area contributed by atoms with Crippen molar-refractivity contribution in [3.63, 3.8) is 0 Å². The van der Waals surface area contributed by atoms with Crippen molar-refractivity contribution in [3.8, 4) is 17.6 Å². The topological polar surface area (TPSA) is 75.7 Å². The van der Waals surface area contributed by atoms with Gasteiger partial charge in [-0.15, -0.1) is 0 Å². The van der Waals surface area contributed by atoms with Crippen LogP contribution in [0.1, 0.15) is 103 Å². The summed E-state index contributed by atoms with van der Waals surface area (Å²) in [5.41, 5.74) is 9.08. The Morgan fingerprint density at radius 3 is 2.67 bits per heavy atom. The van der Waals surface area contributed by atoms with Crippen LogP contribution in [-0.2, 0) is 17.6 Å². The van der Waals surface area contributed by atoms with Crippen molar-refractivity contribution < 1.29 is 14.9 Å². The summed E-state index contributed by atoms with van der Waals surface area (Å²) < 4.78 is 7.35. The first-order chi connectivity index (χ1) is 18.5. The molecule has 214 valence electrons. The van der Waals surface area contributed by atoms with Crippen LogP contribution in [0.25, 0.3) is 0 Å². The first kappa shape index (κ1) is 27.6. The maximum Gasteiger partial charge on any atom is 0.115 e. The Labute approximate surface area is 236 Å². The van der Waals surface area contributed by atoms with Crippen LogP contribution in [0.4, 0.5) is 0 Å². The average Bonchev–Trinajstić information content (AvgIpc) is 3.21. The largest absolute Gasteiger partial charge is 0.508 e. The number of hydrogen-bond acceptors (Lipinski definition) is 4. The number of rotatable bonds is 4. The van der Waals surface area contributed by atoms with Gasteiger partial charge in [-0.25, -0.2) is 0 Å². The molecule has 1 aromatic carbocycles. The standard InChI is InChI=1S/C35H51NO3/c1-23(2)16-24-10-12-33(20-24)21-25-17-27-8-9-29(38)19-26(27)6-5-7-31-34(36,14-15-37)30-11-13-35(31,28(18-25)22-33)39-32(30,3)4/h8-9,19,23-25,28,30-31,37-38H,6,10-18,20-22,36H2,1-4H3/t24-,25+,28+,30-,31+,33+,34+,35-/m0/s1. The molecule has 3 saturated carbocycles. The van der Waals surface area contributed by atoms with Gasteiger partial charge in [0.2, 0.25) is 0 Å². The summed E-state index contributed by atoms with van der Waals surface area (Å²) in [5.74, 6) is 10.3. The molecule has 4 bridgehead atoms. The number of hydrogen-bond donors (Lipinski definition) is 3. The van der Waals surface area contributed by atoms with Crippen LogP contribution in [0.3, 0.4) is 0 Å². The number of phenols is 1. The summed E-state index contributed by atoms with van der Waals surface area (Å²) in [6.45, 7) is 9.33. The van der Waals surface area contributed by atoms with E-state index in [0.717, 1.165) is 43.1 Å². The Hall–Kier alpha value is -1.54. The second-order valence-electron chi connectivity index (χ2n) is 15.4. The predicted molar refractivity (Wildman–Crippen MR) is 156 cm³/mol. The molecule has 2 saturated heterocycles. The van der Waals surface area contributed by atoms with Gasteiger partial charge >= 0.3 is 0 Å². The fraction of sp³-hybridized carbons (Fsp3) is 0.771. The molecule has 8 atom stereocenters. The second kappa shape index (κ2) is 9.78. The van der Waals surface area contributed by atoms with Crippen molar-refractivity contribution in [3.05, 3.63) is 29.3 Å². The summed E-state index contributed by atoms with van der Waals surface area (Å²) in [6.07, 6.45) is 13.4. The molecule has 0 radical (unpaired) electrons. The highest BCUT2D eigenvalue weighted by Gasteiger charge is 2.69. The van der Waals surface area contributed by atoms with Gasteiger partial charge in [-0.3, -0.25) is 0 Å². The lowest BCUT2D eigenvalue weighted by atomic mass is 9.47. The first-order valence-corrected chi connectivity index (χ1v) is 15.9. The maximum absolute atomic E-state index is 10.3. The number of benzene rings is 1. The summed E-state index contributed by atoms with van der Waals surface area (Å²) in [5, 5.41) is 20.6. The van der Waals surface area contributed by atoms with E-state index in [1.165, 1.54) is 44.1 Å². The normalized spacial score (nSPS) is 42.4. The number of ether oxygens (including phenoxy) is 1. The molecule has 39 heavy (non-hydrogen) atoms. The molecular weight excluding hydrogens is 482 g/mol. The molecule has 2 aliphatic heterocycles. The number of phenolic OH excluding ortho intramolecular Hbond substituents is 1. The second-order valence-corrected chi connectivity index (χ2v) is 15.4. The molecule has 4 nitrogen and oxygen atoms in total. The van der Waals surface area contributed by atoms with E-state index in [9.17, 15) is 10.2 Å². The Morgan fingerprint density at radius 2 is 1.92 bits per heavy atom. The minimum absolute atomic E-state index is 0.0855. The summed E-state index contributed by atoms with van der Waals surface area (Å²) in [6, 6.07) is 5.93. The van der Waals surface area contributed by atoms with E-state index in [-0.39, 0.29) is 29.6 Å². The minimum Gasteiger partial charge on any atom is -0.508 e. The Bertz CT molecular complexity index is 1150. The smallest absolute Gasteiger partial charge is 0.115 e. The van der Waals surface area contributed by atoms with E-state index in [2.05, 4.69) is 45.6 Å². The highest BCUT2D eigenvalue weighted by atomic mass is 16.5. The van der Waals surface area contributed by atoms with Gasteiger partial charge in [-0.1, -0.05) is 31.8 Å². The van der Waals surface area contributed by atoms with Crippen molar-refractivity contribution in [1.82, 2.24) is 0 Å². The zero-order valence-corrected chi connectivity index (χ0v) is 24.8. The van der Waals surface area contributed by atoms with Crippen molar-refractivity contribution in [2.24, 2.45) is 46.7 Å². The predicted octanol–water partition coefficient (Wildman–Crippen LogP) is 6.40. The molecular formula is C35H51NO3. The van der Waals surface area contributed by atoms with Crippen molar-refractivity contribution in [2.45, 2.75) is 121 Å². The fourth-order valence-electron chi connectivity index (χ4n) is 10.8. The zero-order chi connectivity index (χ0) is 27.6. The molecule has 0 amide bonds. The summed E-state index contributed by atoms with van der Waals surface area (Å²) >= 11 is 0. The molecule has 0 unspecified atom stereocenters. The molecule has 0 aromatic heterocycles. The van der Waals surface area contributed by atoms with Crippen LogP contribution in [0.5, 0.6) is 5.75 Å². The highest BCUT2D eigenvalue weighted by molar-refractivity contribution is 5.39. The van der Waals surface area contributed by atoms with Gasteiger partial charge in [0.05, 0.1) is 17.1 Å². The Kier molecular flexibility index (Phi) is 6.93. The molecule has 7 rings (SSSR count). The SMILES string of the molecule is CC(C)C[C@@H]1CC[C@]2(C[C@@H]3Cc4ccc(O)cc4CC#C[C@@H]4[C@@](N)(CCO)[C@H]5CC[C@]4(OC5(C)C)[C@H](C3)C2)C1. The quantitative estimate of drug-likeness (QED) is 0.392. The molecule has 4 heteroatoms. The van der Waals surface area contributed by atoms with Gasteiger partial charge in [0.1, 0.15) is 5.75 Å². The van der Waals surface area contributed by atoms with Gasteiger partial charge in [0.15, 0.2) is 0 Å². The van der Waals surface area contributed by atoms with Gasteiger partial charge in [0.25, 0.3) is 0 Å². The third-order valence-corrected chi connectivity index (χ3v) is 11.9. The molecule has 2 heterocycles. The number of aliphatic hydroxyl groups excluding tert-OH is 1. The summed E-state index contributed by atoms with van der Waals surface area (Å²) in [7, 11) is 0. The van der Waals surface area contributed by atoms with E-state index in [0.29, 0.717) is 35.8 Å². The lowest BCUT2D eigenvalue weighted by Gasteiger charge is -2.68. The van der Waals surface area contributed by atoms with Gasteiger partial charge in [-0.05, 0) is 137 Å². The highest BCUT2D eigenvalue weighted by Crippen LogP contribution is 2.65. The van der Waals surface area contributed by atoms with E-state index < -0.39 is 5.54 Å². The van der Waals surface area contributed by atoms with Gasteiger partial charge < -0.3 is 20.7 Å². The lowest BCUT2D eigenvalue weighted by molar-refractivity contribution is -0.309. The third kappa shape index (κ3) is 4.65. The number of fused-ring (bicyclic) bond motifs is 5. The van der Waals surface area contributed by atoms with E-state index in [1.54, 1.807) is 0 Å². The van der Waals surface area contributed by atoms with Crippen LogP contribution in [0, 0.1) is 52.8 Å². The van der Waals surface area contributed by atoms with Crippen molar-refractivity contribution in [1.29, 1.82) is 0 Å². The molecule has 4 aliphatic carbocycles. The van der Waals surface area contributed by atoms with Crippen LogP contribution >= 0.6 is 0 Å². The Balaban J connectivity index is 1.47. The van der Waals surface area contributed by atoms with E-state index in [1.807, 2.05) is 12.1 Å². The van der Waals surface area contributed by atoms with E-state index >= 15 is 0 Å². The lowest BCUT2D eigenvalue weighted by Crippen LogP contribution is -2.77. The van der Waals surface area contributed by atoms with Crippen LogP contribution in [0.15, 0.2) is 18.2 Å². The first-order valence-electron chi connectivity index (χ1n) is 15.9. The van der Waals surface area contributed by atoms with Crippen molar-refractivity contribution in [2.75, 3.05) is 6.61 Å². The van der Waals surface area contributed by atoms with Crippen LogP contribution in [-0.4, -0.2) is 33.6 Å². The Morgan fingerprint density at radius 1 is 1.10 bits per heavy atom.